The third kappa shape index (κ3) is 9.31. The molecule has 1 aliphatic heterocycles. The number of benzene rings is 1. The van der Waals surface area contributed by atoms with Crippen LogP contribution in [0.2, 0.25) is 0 Å². The van der Waals surface area contributed by atoms with Crippen molar-refractivity contribution < 1.29 is 50.9 Å². The molecule has 1 aromatic heterocycles. The van der Waals surface area contributed by atoms with Crippen molar-refractivity contribution in [3.05, 3.63) is 23.8 Å². The number of carbonyl (C=O) groups excluding carboxylic acids is 1. The number of nitrogens with two attached hydrogens (primary N) is 1. The summed E-state index contributed by atoms with van der Waals surface area (Å²) in [5, 5.41) is 14.8. The smallest absolute Gasteiger partial charge is 0.475 e. The highest BCUT2D eigenvalue weighted by Crippen LogP contribution is 2.26. The Balaban J connectivity index is 0.000000301. The van der Waals surface area contributed by atoms with Crippen molar-refractivity contribution >= 4 is 44.5 Å². The molecule has 0 spiro atoms. The van der Waals surface area contributed by atoms with Gasteiger partial charge in [0.25, 0.3) is 5.91 Å². The average Bonchev–Trinajstić information content (AvgIpc) is 3.23. The molecule has 1 saturated carbocycles. The Morgan fingerprint density at radius 1 is 0.895 bits per heavy atom. The molecule has 1 aromatic carbocycles. The van der Waals surface area contributed by atoms with Gasteiger partial charge in [-0.15, -0.1) is 0 Å². The molecule has 1 saturated heterocycles. The van der Waals surface area contributed by atoms with E-state index in [1.165, 1.54) is 43.4 Å². The van der Waals surface area contributed by atoms with Gasteiger partial charge in [-0.2, -0.15) is 26.3 Å². The molecule has 4 rings (SSSR count). The van der Waals surface area contributed by atoms with Crippen LogP contribution in [0.4, 0.5) is 31.5 Å². The zero-order chi connectivity index (χ0) is 28.7. The summed E-state index contributed by atoms with van der Waals surface area (Å²) < 4.78 is 64.5. The number of piperazine rings is 1. The maximum atomic E-state index is 12.8. The second kappa shape index (κ2) is 13.1. The minimum absolute atomic E-state index is 0.117. The largest absolute Gasteiger partial charge is 0.490 e. The summed E-state index contributed by atoms with van der Waals surface area (Å²) in [6, 6.07) is 6.47. The third-order valence-electron chi connectivity index (χ3n) is 5.83. The number of amides is 1. The standard InChI is InChI=1S/C18H24N4OS.2C2HF3O2/c19-18-20-15-12-13(6-7-16(15)24-18)17(23)22-10-8-21(9-11-22)14-4-2-1-3-5-14;2*3-2(4,5)1(6)7/h6-7,12,14H,1-5,8-11H2,(H2,19,20);2*(H,6,7). The molecule has 1 aliphatic carbocycles. The average molecular weight is 573 g/mol. The van der Waals surface area contributed by atoms with E-state index in [4.69, 9.17) is 25.5 Å². The molecule has 2 heterocycles. The first-order chi connectivity index (χ1) is 17.6. The number of anilines is 1. The number of hydrogen-bond donors (Lipinski definition) is 3. The first-order valence-corrected chi connectivity index (χ1v) is 12.2. The second-order valence-electron chi connectivity index (χ2n) is 8.46. The summed E-state index contributed by atoms with van der Waals surface area (Å²) in [6.07, 6.45) is -3.40. The van der Waals surface area contributed by atoms with Crippen molar-refractivity contribution in [3.8, 4) is 0 Å². The Morgan fingerprint density at radius 3 is 1.87 bits per heavy atom. The number of alkyl halides is 6. The normalized spacial score (nSPS) is 17.2. The molecule has 0 bridgehead atoms. The molecule has 2 fully saturated rings. The summed E-state index contributed by atoms with van der Waals surface area (Å²) in [5.74, 6) is -5.40. The van der Waals surface area contributed by atoms with Gasteiger partial charge in [-0.3, -0.25) is 9.69 Å². The second-order valence-corrected chi connectivity index (χ2v) is 9.52. The Morgan fingerprint density at radius 2 is 1.39 bits per heavy atom. The summed E-state index contributed by atoms with van der Waals surface area (Å²) in [6.45, 7) is 3.66. The molecule has 1 amide bonds. The first kappa shape index (κ1) is 31.1. The van der Waals surface area contributed by atoms with Gasteiger partial charge in [0.1, 0.15) is 0 Å². The number of halogens is 6. The van der Waals surface area contributed by atoms with Gasteiger partial charge >= 0.3 is 24.3 Å². The van der Waals surface area contributed by atoms with Gasteiger partial charge in [0.05, 0.1) is 10.2 Å². The zero-order valence-corrected chi connectivity index (χ0v) is 20.7. The lowest BCUT2D eigenvalue weighted by molar-refractivity contribution is -0.193. The van der Waals surface area contributed by atoms with E-state index in [1.54, 1.807) is 0 Å². The van der Waals surface area contributed by atoms with Crippen LogP contribution in [0.15, 0.2) is 18.2 Å². The number of nitrogen functional groups attached to an aromatic ring is 1. The van der Waals surface area contributed by atoms with E-state index in [2.05, 4.69) is 9.88 Å². The highest BCUT2D eigenvalue weighted by Gasteiger charge is 2.39. The van der Waals surface area contributed by atoms with Gasteiger partial charge in [-0.25, -0.2) is 14.6 Å². The molecule has 212 valence electrons. The molecule has 2 aromatic rings. The van der Waals surface area contributed by atoms with E-state index in [-0.39, 0.29) is 5.91 Å². The van der Waals surface area contributed by atoms with Crippen LogP contribution in [0.25, 0.3) is 10.2 Å². The lowest BCUT2D eigenvalue weighted by Gasteiger charge is -2.40. The number of carboxylic acids is 2. The molecular formula is C22H26F6N4O5S. The van der Waals surface area contributed by atoms with Gasteiger partial charge in [0, 0.05) is 37.8 Å². The van der Waals surface area contributed by atoms with E-state index < -0.39 is 24.3 Å². The molecular weight excluding hydrogens is 546 g/mol. The van der Waals surface area contributed by atoms with Crippen molar-refractivity contribution in [3.63, 3.8) is 0 Å². The van der Waals surface area contributed by atoms with Crippen molar-refractivity contribution in [2.24, 2.45) is 0 Å². The van der Waals surface area contributed by atoms with Crippen LogP contribution >= 0.6 is 11.3 Å². The molecule has 4 N–H and O–H groups in total. The Kier molecular flexibility index (Phi) is 10.7. The van der Waals surface area contributed by atoms with E-state index >= 15 is 0 Å². The first-order valence-electron chi connectivity index (χ1n) is 11.4. The van der Waals surface area contributed by atoms with Crippen molar-refractivity contribution in [1.29, 1.82) is 0 Å². The molecule has 9 nitrogen and oxygen atoms in total. The predicted octanol–water partition coefficient (Wildman–Crippen LogP) is 4.24. The third-order valence-corrected chi connectivity index (χ3v) is 6.69. The van der Waals surface area contributed by atoms with E-state index in [0.717, 1.165) is 48.0 Å². The fourth-order valence-corrected chi connectivity index (χ4v) is 4.71. The molecule has 2 aliphatic rings. The van der Waals surface area contributed by atoms with Crippen LogP contribution < -0.4 is 5.73 Å². The minimum atomic E-state index is -5.08. The highest BCUT2D eigenvalue weighted by molar-refractivity contribution is 7.22. The predicted molar refractivity (Wildman–Crippen MR) is 126 cm³/mol. The summed E-state index contributed by atoms with van der Waals surface area (Å²) >= 11 is 1.46. The summed E-state index contributed by atoms with van der Waals surface area (Å²) in [4.78, 5) is 39.4. The number of aliphatic carboxylic acids is 2. The van der Waals surface area contributed by atoms with E-state index in [9.17, 15) is 31.1 Å². The molecule has 38 heavy (non-hydrogen) atoms. The van der Waals surface area contributed by atoms with Crippen LogP contribution in [0, 0.1) is 0 Å². The monoisotopic (exact) mass is 572 g/mol. The maximum absolute atomic E-state index is 12.8. The zero-order valence-electron chi connectivity index (χ0n) is 19.9. The van der Waals surface area contributed by atoms with Gasteiger partial charge in [-0.1, -0.05) is 30.6 Å². The molecule has 16 heteroatoms. The Labute approximate surface area is 216 Å². The minimum Gasteiger partial charge on any atom is -0.475 e. The number of thiazole rings is 1. The van der Waals surface area contributed by atoms with Crippen molar-refractivity contribution in [1.82, 2.24) is 14.8 Å². The topological polar surface area (TPSA) is 137 Å². The van der Waals surface area contributed by atoms with Crippen LogP contribution in [0.3, 0.4) is 0 Å². The molecule has 0 atom stereocenters. The lowest BCUT2D eigenvalue weighted by atomic mass is 9.94. The van der Waals surface area contributed by atoms with Gasteiger partial charge < -0.3 is 20.8 Å². The number of rotatable bonds is 2. The van der Waals surface area contributed by atoms with E-state index in [1.807, 2.05) is 23.1 Å². The van der Waals surface area contributed by atoms with Crippen LogP contribution in [0.1, 0.15) is 42.5 Å². The fraction of sp³-hybridized carbons (Fsp3) is 0.545. The highest BCUT2D eigenvalue weighted by atomic mass is 32.1. The number of carboxylic acid groups (broad SMARTS) is 2. The van der Waals surface area contributed by atoms with Crippen LogP contribution in [-0.2, 0) is 9.59 Å². The SMILES string of the molecule is Nc1nc2cc(C(=O)N3CCN(C4CCCCC4)CC3)ccc2s1.O=C(O)C(F)(F)F.O=C(O)C(F)(F)F. The quantitative estimate of drug-likeness (QED) is 0.455. The van der Waals surface area contributed by atoms with Crippen LogP contribution in [0.5, 0.6) is 0 Å². The summed E-state index contributed by atoms with van der Waals surface area (Å²) in [5.41, 5.74) is 7.30. The molecule has 0 unspecified atom stereocenters. The lowest BCUT2D eigenvalue weighted by Crippen LogP contribution is -2.52. The van der Waals surface area contributed by atoms with Gasteiger partial charge in [-0.05, 0) is 31.0 Å². The van der Waals surface area contributed by atoms with Crippen molar-refractivity contribution in [2.75, 3.05) is 31.9 Å². The number of nitrogens with zero attached hydrogens (tertiary/aromatic N) is 3. The number of aromatic nitrogens is 1. The van der Waals surface area contributed by atoms with Gasteiger partial charge in [0.2, 0.25) is 0 Å². The van der Waals surface area contributed by atoms with Gasteiger partial charge in [0.15, 0.2) is 5.13 Å². The summed E-state index contributed by atoms with van der Waals surface area (Å²) in [7, 11) is 0. The number of hydrogen-bond acceptors (Lipinski definition) is 7. The van der Waals surface area contributed by atoms with Crippen molar-refractivity contribution in [2.45, 2.75) is 50.5 Å². The number of fused-ring (bicyclic) bond motifs is 1. The fourth-order valence-electron chi connectivity index (χ4n) is 4.00. The van der Waals surface area contributed by atoms with E-state index in [0.29, 0.717) is 5.13 Å². The molecule has 0 radical (unpaired) electrons. The maximum Gasteiger partial charge on any atom is 0.490 e. The Hall–Kier alpha value is -3.14. The number of carbonyl (C=O) groups is 3. The Bertz CT molecular complexity index is 1090. The van der Waals surface area contributed by atoms with Crippen LogP contribution in [-0.4, -0.2) is 87.4 Å².